The van der Waals surface area contributed by atoms with Gasteiger partial charge in [0.1, 0.15) is 29.2 Å². The third kappa shape index (κ3) is 4.08. The molecule has 1 aromatic carbocycles. The van der Waals surface area contributed by atoms with Crippen molar-refractivity contribution in [1.29, 1.82) is 0 Å². The summed E-state index contributed by atoms with van der Waals surface area (Å²) < 4.78 is 30.7. The summed E-state index contributed by atoms with van der Waals surface area (Å²) in [6.07, 6.45) is 3.40. The largest absolute Gasteiger partial charge is 0.494 e. The van der Waals surface area contributed by atoms with Crippen molar-refractivity contribution in [2.24, 2.45) is 5.92 Å². The van der Waals surface area contributed by atoms with E-state index in [1.165, 1.54) is 19.5 Å². The number of ether oxygens (including phenoxy) is 1. The van der Waals surface area contributed by atoms with Crippen LogP contribution in [0.5, 0.6) is 5.75 Å². The standard InChI is InChI=1S/C16H21FN3O4P/c1-24-13-3-2-12(17)14-15(13)18-10-19-16(14)20-7-4-11(5-8-20)6-9-25(21,22)23/h2-3,10-11H,4-9H2,1H3,(H2,21,22,23). The Hall–Kier alpha value is -1.76. The fraction of sp³-hybridized carbons (Fsp3) is 0.500. The number of hydrogen-bond acceptors (Lipinski definition) is 5. The van der Waals surface area contributed by atoms with Crippen LogP contribution in [0.25, 0.3) is 10.9 Å². The Morgan fingerprint density at radius 1 is 1.32 bits per heavy atom. The number of fused-ring (bicyclic) bond motifs is 1. The highest BCUT2D eigenvalue weighted by molar-refractivity contribution is 7.51. The van der Waals surface area contributed by atoms with Crippen LogP contribution >= 0.6 is 7.60 Å². The van der Waals surface area contributed by atoms with Crippen LogP contribution in [0.15, 0.2) is 18.5 Å². The average Bonchev–Trinajstić information content (AvgIpc) is 2.60. The molecule has 0 aliphatic carbocycles. The Bertz CT molecular complexity index is 805. The van der Waals surface area contributed by atoms with Gasteiger partial charge in [0.05, 0.1) is 18.7 Å². The van der Waals surface area contributed by atoms with E-state index in [9.17, 15) is 8.96 Å². The molecule has 0 spiro atoms. The van der Waals surface area contributed by atoms with Crippen LogP contribution in [-0.2, 0) is 4.57 Å². The van der Waals surface area contributed by atoms with Gasteiger partial charge in [0.2, 0.25) is 0 Å². The number of piperidine rings is 1. The maximum atomic E-state index is 14.4. The van der Waals surface area contributed by atoms with E-state index in [4.69, 9.17) is 14.5 Å². The Morgan fingerprint density at radius 3 is 2.68 bits per heavy atom. The first-order valence-corrected chi connectivity index (χ1v) is 9.95. The number of rotatable bonds is 5. The Morgan fingerprint density at radius 2 is 2.04 bits per heavy atom. The normalized spacial score (nSPS) is 16.4. The SMILES string of the molecule is COc1ccc(F)c2c(N3CCC(CCP(=O)(O)O)CC3)ncnc12. The number of anilines is 1. The van der Waals surface area contributed by atoms with Gasteiger partial charge in [-0.25, -0.2) is 14.4 Å². The van der Waals surface area contributed by atoms with E-state index in [-0.39, 0.29) is 12.1 Å². The number of hydrogen-bond donors (Lipinski definition) is 2. The average molecular weight is 369 g/mol. The third-order valence-corrected chi connectivity index (χ3v) is 5.48. The molecule has 136 valence electrons. The maximum absolute atomic E-state index is 14.4. The van der Waals surface area contributed by atoms with Crippen molar-refractivity contribution in [2.75, 3.05) is 31.3 Å². The van der Waals surface area contributed by atoms with Gasteiger partial charge in [-0.2, -0.15) is 0 Å². The second kappa shape index (κ2) is 7.23. The van der Waals surface area contributed by atoms with Gasteiger partial charge >= 0.3 is 7.60 Å². The minimum atomic E-state index is -3.95. The molecule has 0 bridgehead atoms. The number of halogens is 1. The van der Waals surface area contributed by atoms with Gasteiger partial charge in [-0.1, -0.05) is 0 Å². The van der Waals surface area contributed by atoms with Crippen LogP contribution in [0.4, 0.5) is 10.2 Å². The summed E-state index contributed by atoms with van der Waals surface area (Å²) in [6, 6.07) is 2.89. The van der Waals surface area contributed by atoms with E-state index in [1.807, 2.05) is 4.90 Å². The summed E-state index contributed by atoms with van der Waals surface area (Å²) in [5, 5.41) is 0.343. The van der Waals surface area contributed by atoms with Crippen LogP contribution in [0, 0.1) is 11.7 Å². The number of nitrogens with zero attached hydrogens (tertiary/aromatic N) is 3. The fourth-order valence-electron chi connectivity index (χ4n) is 3.28. The number of benzene rings is 1. The van der Waals surface area contributed by atoms with Gasteiger partial charge in [0.25, 0.3) is 0 Å². The molecular weight excluding hydrogens is 348 g/mol. The molecule has 25 heavy (non-hydrogen) atoms. The summed E-state index contributed by atoms with van der Waals surface area (Å²) >= 11 is 0. The lowest BCUT2D eigenvalue weighted by Gasteiger charge is -2.33. The number of aromatic nitrogens is 2. The predicted octanol–water partition coefficient (Wildman–Crippen LogP) is 2.56. The second-order valence-electron chi connectivity index (χ2n) is 6.28. The highest BCUT2D eigenvalue weighted by Crippen LogP contribution is 2.38. The van der Waals surface area contributed by atoms with E-state index >= 15 is 0 Å². The van der Waals surface area contributed by atoms with Gasteiger partial charge in [-0.05, 0) is 37.3 Å². The molecule has 1 aliphatic rings. The van der Waals surface area contributed by atoms with E-state index in [1.54, 1.807) is 6.07 Å². The molecule has 9 heteroatoms. The molecule has 7 nitrogen and oxygen atoms in total. The molecule has 1 aliphatic heterocycles. The number of methoxy groups -OCH3 is 1. The monoisotopic (exact) mass is 369 g/mol. The maximum Gasteiger partial charge on any atom is 0.325 e. The quantitative estimate of drug-likeness (QED) is 0.782. The summed E-state index contributed by atoms with van der Waals surface area (Å²) in [6.45, 7) is 1.32. The summed E-state index contributed by atoms with van der Waals surface area (Å²) in [5.41, 5.74) is 0.441. The summed E-state index contributed by atoms with van der Waals surface area (Å²) in [7, 11) is -2.44. The minimum absolute atomic E-state index is 0.0834. The first-order chi connectivity index (χ1) is 11.9. The molecular formula is C16H21FN3O4P. The van der Waals surface area contributed by atoms with Crippen LogP contribution in [0.2, 0.25) is 0 Å². The Labute approximate surface area is 145 Å². The minimum Gasteiger partial charge on any atom is -0.494 e. The van der Waals surface area contributed by atoms with Crippen LogP contribution in [-0.4, -0.2) is 46.1 Å². The fourth-order valence-corrected chi connectivity index (χ4v) is 3.98. The van der Waals surface area contributed by atoms with Gasteiger partial charge in [0, 0.05) is 13.1 Å². The van der Waals surface area contributed by atoms with Crippen LogP contribution in [0.3, 0.4) is 0 Å². The van der Waals surface area contributed by atoms with Gasteiger partial charge < -0.3 is 19.4 Å². The van der Waals surface area contributed by atoms with Crippen molar-refractivity contribution in [2.45, 2.75) is 19.3 Å². The lowest BCUT2D eigenvalue weighted by molar-refractivity contribution is 0.350. The lowest BCUT2D eigenvalue weighted by Crippen LogP contribution is -2.34. The van der Waals surface area contributed by atoms with Gasteiger partial charge in [-0.15, -0.1) is 0 Å². The molecule has 1 aromatic heterocycles. The summed E-state index contributed by atoms with van der Waals surface area (Å²) in [4.78, 5) is 28.4. The lowest BCUT2D eigenvalue weighted by atomic mass is 9.94. The Balaban J connectivity index is 1.79. The van der Waals surface area contributed by atoms with E-state index in [0.717, 1.165) is 12.8 Å². The van der Waals surface area contributed by atoms with Crippen molar-refractivity contribution < 1.29 is 23.5 Å². The molecule has 1 saturated heterocycles. The smallest absolute Gasteiger partial charge is 0.325 e. The molecule has 1 fully saturated rings. The van der Waals surface area contributed by atoms with Crippen LogP contribution in [0.1, 0.15) is 19.3 Å². The first-order valence-electron chi connectivity index (χ1n) is 8.16. The van der Waals surface area contributed by atoms with Crippen molar-refractivity contribution >= 4 is 24.3 Å². The molecule has 0 radical (unpaired) electrons. The highest BCUT2D eigenvalue weighted by atomic mass is 31.2. The van der Waals surface area contributed by atoms with E-state index in [2.05, 4.69) is 9.97 Å². The molecule has 0 saturated carbocycles. The zero-order valence-corrected chi connectivity index (χ0v) is 14.8. The predicted molar refractivity (Wildman–Crippen MR) is 92.5 cm³/mol. The van der Waals surface area contributed by atoms with Crippen molar-refractivity contribution in [3.05, 3.63) is 24.3 Å². The second-order valence-corrected chi connectivity index (χ2v) is 8.05. The third-order valence-electron chi connectivity index (χ3n) is 4.64. The van der Waals surface area contributed by atoms with Crippen LogP contribution < -0.4 is 9.64 Å². The molecule has 3 rings (SSSR count). The molecule has 0 atom stereocenters. The Kier molecular flexibility index (Phi) is 5.22. The molecule has 2 aromatic rings. The topological polar surface area (TPSA) is 95.8 Å². The van der Waals surface area contributed by atoms with Crippen molar-refractivity contribution in [1.82, 2.24) is 9.97 Å². The summed E-state index contributed by atoms with van der Waals surface area (Å²) in [5.74, 6) is 0.901. The zero-order chi connectivity index (χ0) is 18.0. The molecule has 2 N–H and O–H groups in total. The van der Waals surface area contributed by atoms with E-state index in [0.29, 0.717) is 42.0 Å². The molecule has 0 unspecified atom stereocenters. The van der Waals surface area contributed by atoms with E-state index < -0.39 is 13.4 Å². The van der Waals surface area contributed by atoms with Gasteiger partial charge in [0.15, 0.2) is 0 Å². The highest BCUT2D eigenvalue weighted by Gasteiger charge is 2.25. The van der Waals surface area contributed by atoms with Crippen molar-refractivity contribution in [3.63, 3.8) is 0 Å². The van der Waals surface area contributed by atoms with Crippen molar-refractivity contribution in [3.8, 4) is 5.75 Å². The zero-order valence-electron chi connectivity index (χ0n) is 13.9. The first kappa shape index (κ1) is 18.0. The molecule has 0 amide bonds. The molecule has 2 heterocycles. The van der Waals surface area contributed by atoms with Gasteiger partial charge in [-0.3, -0.25) is 4.57 Å².